The molecular weight excluding hydrogens is 358 g/mol. The number of aromatic nitrogens is 4. The first-order chi connectivity index (χ1) is 13.4. The molecule has 1 aliphatic heterocycles. The van der Waals surface area contributed by atoms with Crippen LogP contribution < -0.4 is 21.6 Å². The van der Waals surface area contributed by atoms with E-state index in [-0.39, 0.29) is 11.6 Å². The summed E-state index contributed by atoms with van der Waals surface area (Å²) in [6.45, 7) is 5.13. The fourth-order valence-electron chi connectivity index (χ4n) is 3.47. The Bertz CT molecular complexity index is 1190. The lowest BCUT2D eigenvalue weighted by Gasteiger charge is -2.29. The van der Waals surface area contributed by atoms with Crippen molar-refractivity contribution in [3.8, 4) is 0 Å². The SMILES string of the molecule is CC1=NN(CCNc2ccccc2)c2nc3c(c(=O)n(C)c(=O)n3C)n2[C@H]1C. The van der Waals surface area contributed by atoms with Gasteiger partial charge in [-0.25, -0.2) is 9.80 Å². The monoisotopic (exact) mass is 381 g/mol. The molecule has 9 nitrogen and oxygen atoms in total. The molecule has 0 fully saturated rings. The van der Waals surface area contributed by atoms with Gasteiger partial charge in [0.1, 0.15) is 0 Å². The number of fused-ring (bicyclic) bond motifs is 3. The van der Waals surface area contributed by atoms with E-state index in [4.69, 9.17) is 0 Å². The highest BCUT2D eigenvalue weighted by Crippen LogP contribution is 2.29. The second kappa shape index (κ2) is 6.66. The molecule has 1 aromatic carbocycles. The van der Waals surface area contributed by atoms with Crippen LogP contribution in [0.1, 0.15) is 19.9 Å². The van der Waals surface area contributed by atoms with Gasteiger partial charge in [0.2, 0.25) is 5.95 Å². The number of aryl methyl sites for hydroxylation is 1. The molecule has 0 saturated heterocycles. The Kier molecular flexibility index (Phi) is 4.29. The summed E-state index contributed by atoms with van der Waals surface area (Å²) in [5.74, 6) is 0.571. The van der Waals surface area contributed by atoms with Crippen molar-refractivity contribution in [2.45, 2.75) is 19.9 Å². The van der Waals surface area contributed by atoms with Gasteiger partial charge in [-0.3, -0.25) is 18.5 Å². The van der Waals surface area contributed by atoms with E-state index in [1.54, 1.807) is 12.1 Å². The molecule has 1 N–H and O–H groups in total. The molecule has 0 saturated carbocycles. The molecule has 28 heavy (non-hydrogen) atoms. The number of para-hydroxylation sites is 1. The van der Waals surface area contributed by atoms with Crippen LogP contribution in [0.3, 0.4) is 0 Å². The maximum atomic E-state index is 12.8. The van der Waals surface area contributed by atoms with E-state index >= 15 is 0 Å². The van der Waals surface area contributed by atoms with Gasteiger partial charge in [-0.2, -0.15) is 10.1 Å². The minimum Gasteiger partial charge on any atom is -0.383 e. The minimum absolute atomic E-state index is 0.122. The van der Waals surface area contributed by atoms with Crippen molar-refractivity contribution in [2.75, 3.05) is 23.4 Å². The highest BCUT2D eigenvalue weighted by atomic mass is 16.2. The van der Waals surface area contributed by atoms with E-state index in [0.717, 1.165) is 16.0 Å². The van der Waals surface area contributed by atoms with Crippen molar-refractivity contribution in [1.82, 2.24) is 18.7 Å². The van der Waals surface area contributed by atoms with Gasteiger partial charge in [0.15, 0.2) is 11.2 Å². The van der Waals surface area contributed by atoms with Crippen molar-refractivity contribution >= 4 is 28.5 Å². The van der Waals surface area contributed by atoms with Gasteiger partial charge >= 0.3 is 5.69 Å². The van der Waals surface area contributed by atoms with Crippen molar-refractivity contribution in [1.29, 1.82) is 0 Å². The summed E-state index contributed by atoms with van der Waals surface area (Å²) in [5, 5.41) is 9.81. The molecule has 0 spiro atoms. The van der Waals surface area contributed by atoms with Gasteiger partial charge in [0.05, 0.1) is 18.3 Å². The second-order valence-corrected chi connectivity index (χ2v) is 6.99. The zero-order chi connectivity index (χ0) is 20.0. The Morgan fingerprint density at radius 1 is 1.11 bits per heavy atom. The number of nitrogens with zero attached hydrogens (tertiary/aromatic N) is 6. The molecule has 0 radical (unpaired) electrons. The van der Waals surface area contributed by atoms with Crippen molar-refractivity contribution in [3.05, 3.63) is 51.2 Å². The van der Waals surface area contributed by atoms with E-state index in [0.29, 0.717) is 30.2 Å². The van der Waals surface area contributed by atoms with Crippen LogP contribution in [0.5, 0.6) is 0 Å². The fourth-order valence-corrected chi connectivity index (χ4v) is 3.47. The van der Waals surface area contributed by atoms with Gasteiger partial charge < -0.3 is 5.32 Å². The van der Waals surface area contributed by atoms with Crippen LogP contribution >= 0.6 is 0 Å². The number of imidazole rings is 1. The van der Waals surface area contributed by atoms with Crippen LogP contribution in [-0.4, -0.2) is 37.5 Å². The normalized spacial score (nSPS) is 16.2. The topological polar surface area (TPSA) is 89.5 Å². The Labute approximate surface area is 161 Å². The quantitative estimate of drug-likeness (QED) is 0.736. The van der Waals surface area contributed by atoms with E-state index in [1.165, 1.54) is 11.6 Å². The van der Waals surface area contributed by atoms with E-state index < -0.39 is 5.69 Å². The molecule has 0 unspecified atom stereocenters. The summed E-state index contributed by atoms with van der Waals surface area (Å²) < 4.78 is 4.40. The van der Waals surface area contributed by atoms with Gasteiger partial charge in [-0.1, -0.05) is 18.2 Å². The molecule has 0 aliphatic carbocycles. The first-order valence-corrected chi connectivity index (χ1v) is 9.19. The zero-order valence-electron chi connectivity index (χ0n) is 16.4. The summed E-state index contributed by atoms with van der Waals surface area (Å²) in [6.07, 6.45) is 0. The minimum atomic E-state index is -0.393. The molecule has 9 heteroatoms. The van der Waals surface area contributed by atoms with E-state index in [9.17, 15) is 9.59 Å². The molecule has 146 valence electrons. The third kappa shape index (κ3) is 2.70. The fraction of sp³-hybridized carbons (Fsp3) is 0.368. The van der Waals surface area contributed by atoms with Gasteiger partial charge in [-0.05, 0) is 26.0 Å². The molecule has 2 aromatic heterocycles. The summed E-state index contributed by atoms with van der Waals surface area (Å²) in [4.78, 5) is 29.7. The maximum Gasteiger partial charge on any atom is 0.332 e. The number of nitrogens with one attached hydrogen (secondary N) is 1. The zero-order valence-corrected chi connectivity index (χ0v) is 16.4. The molecule has 1 aliphatic rings. The lowest BCUT2D eigenvalue weighted by molar-refractivity contribution is 0.638. The first-order valence-electron chi connectivity index (χ1n) is 9.19. The van der Waals surface area contributed by atoms with Gasteiger partial charge in [0.25, 0.3) is 5.56 Å². The highest BCUT2D eigenvalue weighted by Gasteiger charge is 2.30. The number of hydrogen-bond acceptors (Lipinski definition) is 6. The standard InChI is InChI=1S/C19H23N7O2/c1-12-13(2)26-15-16(23(3)19(28)24(4)17(15)27)21-18(26)25(22-12)11-10-20-14-8-6-5-7-9-14/h5-9,13,20H,10-11H2,1-4H3/t13-/m0/s1. The van der Waals surface area contributed by atoms with Crippen LogP contribution in [0.15, 0.2) is 45.0 Å². The van der Waals surface area contributed by atoms with Gasteiger partial charge in [-0.15, -0.1) is 0 Å². The second-order valence-electron chi connectivity index (χ2n) is 6.99. The predicted molar refractivity (Wildman–Crippen MR) is 110 cm³/mol. The Balaban J connectivity index is 1.75. The van der Waals surface area contributed by atoms with Crippen molar-refractivity contribution in [3.63, 3.8) is 0 Å². The summed E-state index contributed by atoms with van der Waals surface area (Å²) in [5.41, 5.74) is 1.96. The number of hydrazone groups is 1. The lowest BCUT2D eigenvalue weighted by atomic mass is 10.2. The van der Waals surface area contributed by atoms with Crippen LogP contribution in [0.25, 0.3) is 11.2 Å². The van der Waals surface area contributed by atoms with E-state index in [1.807, 2.05) is 48.7 Å². The lowest BCUT2D eigenvalue weighted by Crippen LogP contribution is -2.39. The van der Waals surface area contributed by atoms with Gasteiger partial charge in [0, 0.05) is 26.3 Å². The molecule has 0 amide bonds. The largest absolute Gasteiger partial charge is 0.383 e. The third-order valence-electron chi connectivity index (χ3n) is 5.20. The van der Waals surface area contributed by atoms with Crippen LogP contribution in [-0.2, 0) is 14.1 Å². The smallest absolute Gasteiger partial charge is 0.332 e. The van der Waals surface area contributed by atoms with Crippen molar-refractivity contribution in [2.24, 2.45) is 19.2 Å². The summed E-state index contributed by atoms with van der Waals surface area (Å²) in [6, 6.07) is 9.80. The summed E-state index contributed by atoms with van der Waals surface area (Å²) in [7, 11) is 3.11. The molecule has 3 heterocycles. The Morgan fingerprint density at radius 2 is 1.82 bits per heavy atom. The van der Waals surface area contributed by atoms with Crippen LogP contribution in [0.2, 0.25) is 0 Å². The number of benzene rings is 1. The maximum absolute atomic E-state index is 12.8. The number of anilines is 2. The average Bonchev–Trinajstić information content (AvgIpc) is 3.10. The predicted octanol–water partition coefficient (Wildman–Crippen LogP) is 1.30. The Hall–Kier alpha value is -3.36. The van der Waals surface area contributed by atoms with E-state index in [2.05, 4.69) is 15.4 Å². The first kappa shape index (κ1) is 18.0. The summed E-state index contributed by atoms with van der Waals surface area (Å²) >= 11 is 0. The molecule has 1 atom stereocenters. The highest BCUT2D eigenvalue weighted by molar-refractivity contribution is 5.91. The van der Waals surface area contributed by atoms with Crippen LogP contribution in [0.4, 0.5) is 11.6 Å². The molecule has 4 rings (SSSR count). The molecular formula is C19H23N7O2. The number of rotatable bonds is 4. The average molecular weight is 381 g/mol. The van der Waals surface area contributed by atoms with Crippen molar-refractivity contribution < 1.29 is 0 Å². The van der Waals surface area contributed by atoms with Crippen LogP contribution in [0, 0.1) is 0 Å². The Morgan fingerprint density at radius 3 is 2.54 bits per heavy atom. The third-order valence-corrected chi connectivity index (χ3v) is 5.20. The molecule has 0 bridgehead atoms. The number of hydrogen-bond donors (Lipinski definition) is 1. The molecule has 3 aromatic rings.